The highest BCUT2D eigenvalue weighted by molar-refractivity contribution is 5.73. The number of carbonyl (C=O) groups excluding carboxylic acids is 1. The number of hydrogen-bond acceptors (Lipinski definition) is 3. The van der Waals surface area contributed by atoms with Crippen LogP contribution < -0.4 is 4.90 Å². The minimum absolute atomic E-state index is 0.161. The van der Waals surface area contributed by atoms with Crippen LogP contribution in [0.1, 0.15) is 12.5 Å². The minimum Gasteiger partial charge on any atom is -0.353 e. The van der Waals surface area contributed by atoms with Gasteiger partial charge in [0.05, 0.1) is 6.20 Å². The Hall–Kier alpha value is -2.04. The van der Waals surface area contributed by atoms with Crippen LogP contribution in [0.25, 0.3) is 5.65 Å². The maximum Gasteiger partial charge on any atom is 0.219 e. The van der Waals surface area contributed by atoms with Crippen molar-refractivity contribution in [1.82, 2.24) is 14.3 Å². The molecule has 1 fully saturated rings. The molecule has 5 nitrogen and oxygen atoms in total. The van der Waals surface area contributed by atoms with Gasteiger partial charge in [-0.1, -0.05) is 0 Å². The Morgan fingerprint density at radius 3 is 2.68 bits per heavy atom. The topological polar surface area (TPSA) is 40.9 Å². The van der Waals surface area contributed by atoms with Gasteiger partial charge >= 0.3 is 0 Å². The summed E-state index contributed by atoms with van der Waals surface area (Å²) in [6.07, 6.45) is 3.97. The number of anilines is 1. The van der Waals surface area contributed by atoms with Crippen LogP contribution >= 0.6 is 0 Å². The van der Waals surface area contributed by atoms with E-state index in [0.717, 1.165) is 37.6 Å². The molecule has 19 heavy (non-hydrogen) atoms. The van der Waals surface area contributed by atoms with Crippen LogP contribution in [0.4, 0.5) is 5.82 Å². The minimum atomic E-state index is 0.161. The number of imidazole rings is 1. The third-order valence-corrected chi connectivity index (χ3v) is 3.70. The molecule has 0 N–H and O–H groups in total. The van der Waals surface area contributed by atoms with Crippen LogP contribution in [0.3, 0.4) is 0 Å². The molecular weight excluding hydrogens is 240 g/mol. The molecule has 1 saturated heterocycles. The van der Waals surface area contributed by atoms with Gasteiger partial charge in [-0.3, -0.25) is 9.20 Å². The number of hydrogen-bond donors (Lipinski definition) is 0. The molecule has 1 aliphatic rings. The fourth-order valence-corrected chi connectivity index (χ4v) is 2.55. The third-order valence-electron chi connectivity index (χ3n) is 3.70. The Morgan fingerprint density at radius 2 is 2.00 bits per heavy atom. The zero-order chi connectivity index (χ0) is 13.4. The summed E-state index contributed by atoms with van der Waals surface area (Å²) in [7, 11) is 0. The lowest BCUT2D eigenvalue weighted by molar-refractivity contribution is -0.129. The normalized spacial score (nSPS) is 16.1. The van der Waals surface area contributed by atoms with E-state index in [0.29, 0.717) is 0 Å². The molecule has 2 aromatic heterocycles. The van der Waals surface area contributed by atoms with Crippen molar-refractivity contribution in [3.05, 3.63) is 30.1 Å². The Bertz CT molecular complexity index is 611. The van der Waals surface area contributed by atoms with Gasteiger partial charge in [0.15, 0.2) is 0 Å². The number of piperazine rings is 1. The number of carbonyl (C=O) groups is 1. The van der Waals surface area contributed by atoms with Crippen LogP contribution in [0.2, 0.25) is 0 Å². The van der Waals surface area contributed by atoms with E-state index < -0.39 is 0 Å². The summed E-state index contributed by atoms with van der Waals surface area (Å²) in [5, 5.41) is 0. The van der Waals surface area contributed by atoms with Gasteiger partial charge in [0.2, 0.25) is 5.91 Å². The molecule has 100 valence electrons. The van der Waals surface area contributed by atoms with Gasteiger partial charge in [0.1, 0.15) is 11.5 Å². The molecule has 1 amide bonds. The van der Waals surface area contributed by atoms with Crippen LogP contribution in [-0.4, -0.2) is 46.4 Å². The van der Waals surface area contributed by atoms with Crippen LogP contribution in [0.15, 0.2) is 24.5 Å². The summed E-state index contributed by atoms with van der Waals surface area (Å²) in [5.74, 6) is 1.27. The first-order chi connectivity index (χ1) is 9.15. The number of aryl methyl sites for hydroxylation is 1. The van der Waals surface area contributed by atoms with Gasteiger partial charge < -0.3 is 9.80 Å². The van der Waals surface area contributed by atoms with Gasteiger partial charge in [-0.2, -0.15) is 0 Å². The molecule has 1 aliphatic heterocycles. The zero-order valence-electron chi connectivity index (χ0n) is 11.3. The lowest BCUT2D eigenvalue weighted by atomic mass is 10.3. The monoisotopic (exact) mass is 258 g/mol. The van der Waals surface area contributed by atoms with Crippen molar-refractivity contribution in [1.29, 1.82) is 0 Å². The van der Waals surface area contributed by atoms with Crippen molar-refractivity contribution in [3.63, 3.8) is 0 Å². The quantitative estimate of drug-likeness (QED) is 0.774. The highest BCUT2D eigenvalue weighted by atomic mass is 16.2. The van der Waals surface area contributed by atoms with Crippen molar-refractivity contribution >= 4 is 17.4 Å². The Balaban J connectivity index is 1.84. The SMILES string of the molecule is CC(=O)N1CCN(c2cnc3cc(C)ccn23)CC1. The standard InChI is InChI=1S/C14H18N4O/c1-11-3-4-18-13(9-11)15-10-14(18)17-7-5-16(6-8-17)12(2)19/h3-4,9-10H,5-8H2,1-2H3. The molecule has 0 spiro atoms. The molecule has 3 rings (SSSR count). The average molecular weight is 258 g/mol. The first-order valence-electron chi connectivity index (χ1n) is 6.59. The second kappa shape index (κ2) is 4.57. The van der Waals surface area contributed by atoms with Gasteiger partial charge in [-0.05, 0) is 24.6 Å². The summed E-state index contributed by atoms with van der Waals surface area (Å²) in [6, 6.07) is 4.17. The molecule has 0 aliphatic carbocycles. The number of amides is 1. The molecule has 0 radical (unpaired) electrons. The van der Waals surface area contributed by atoms with Crippen molar-refractivity contribution in [3.8, 4) is 0 Å². The van der Waals surface area contributed by atoms with E-state index in [4.69, 9.17) is 0 Å². The molecular formula is C14H18N4O. The Kier molecular flexibility index (Phi) is 2.89. The fraction of sp³-hybridized carbons (Fsp3) is 0.429. The first-order valence-corrected chi connectivity index (χ1v) is 6.59. The van der Waals surface area contributed by atoms with E-state index in [9.17, 15) is 4.79 Å². The smallest absolute Gasteiger partial charge is 0.219 e. The predicted molar refractivity (Wildman–Crippen MR) is 74.4 cm³/mol. The lowest BCUT2D eigenvalue weighted by Gasteiger charge is -2.35. The highest BCUT2D eigenvalue weighted by Crippen LogP contribution is 2.19. The van der Waals surface area contributed by atoms with Crippen molar-refractivity contribution in [2.45, 2.75) is 13.8 Å². The van der Waals surface area contributed by atoms with E-state index in [1.165, 1.54) is 5.56 Å². The van der Waals surface area contributed by atoms with Crippen molar-refractivity contribution in [2.24, 2.45) is 0 Å². The maximum atomic E-state index is 11.3. The molecule has 5 heteroatoms. The first kappa shape index (κ1) is 12.0. The molecule has 2 aromatic rings. The van der Waals surface area contributed by atoms with E-state index in [1.54, 1.807) is 6.92 Å². The van der Waals surface area contributed by atoms with Crippen LogP contribution in [0.5, 0.6) is 0 Å². The van der Waals surface area contributed by atoms with Crippen molar-refractivity contribution in [2.75, 3.05) is 31.1 Å². The second-order valence-electron chi connectivity index (χ2n) is 5.04. The largest absolute Gasteiger partial charge is 0.353 e. The highest BCUT2D eigenvalue weighted by Gasteiger charge is 2.20. The summed E-state index contributed by atoms with van der Waals surface area (Å²) in [4.78, 5) is 20.0. The lowest BCUT2D eigenvalue weighted by Crippen LogP contribution is -2.48. The molecule has 3 heterocycles. The van der Waals surface area contributed by atoms with Gasteiger partial charge in [0.25, 0.3) is 0 Å². The second-order valence-corrected chi connectivity index (χ2v) is 5.04. The molecule has 0 aromatic carbocycles. The summed E-state index contributed by atoms with van der Waals surface area (Å²) in [6.45, 7) is 7.00. The fourth-order valence-electron chi connectivity index (χ4n) is 2.55. The predicted octanol–water partition coefficient (Wildman–Crippen LogP) is 1.31. The number of rotatable bonds is 1. The molecule has 0 unspecified atom stereocenters. The van der Waals surface area contributed by atoms with E-state index in [2.05, 4.69) is 39.5 Å². The van der Waals surface area contributed by atoms with Gasteiger partial charge in [0, 0.05) is 39.3 Å². The van der Waals surface area contributed by atoms with Gasteiger partial charge in [-0.25, -0.2) is 4.98 Å². The number of nitrogens with zero attached hydrogens (tertiary/aromatic N) is 4. The average Bonchev–Trinajstić information content (AvgIpc) is 2.81. The Labute approximate surface area is 112 Å². The number of fused-ring (bicyclic) bond motifs is 1. The third kappa shape index (κ3) is 2.16. The van der Waals surface area contributed by atoms with E-state index >= 15 is 0 Å². The van der Waals surface area contributed by atoms with Crippen LogP contribution in [0, 0.1) is 6.92 Å². The maximum absolute atomic E-state index is 11.3. The van der Waals surface area contributed by atoms with Crippen molar-refractivity contribution < 1.29 is 4.79 Å². The van der Waals surface area contributed by atoms with Gasteiger partial charge in [-0.15, -0.1) is 0 Å². The molecule has 0 saturated carbocycles. The Morgan fingerprint density at radius 1 is 1.26 bits per heavy atom. The molecule has 0 atom stereocenters. The zero-order valence-corrected chi connectivity index (χ0v) is 11.3. The number of aromatic nitrogens is 2. The van der Waals surface area contributed by atoms with E-state index in [-0.39, 0.29) is 5.91 Å². The van der Waals surface area contributed by atoms with E-state index in [1.807, 2.05) is 11.1 Å². The number of pyridine rings is 1. The summed E-state index contributed by atoms with van der Waals surface area (Å²) >= 11 is 0. The molecule has 0 bridgehead atoms. The summed E-state index contributed by atoms with van der Waals surface area (Å²) in [5.41, 5.74) is 2.19. The summed E-state index contributed by atoms with van der Waals surface area (Å²) < 4.78 is 2.11. The van der Waals surface area contributed by atoms with Crippen LogP contribution in [-0.2, 0) is 4.79 Å².